The third-order valence-corrected chi connectivity index (χ3v) is 5.82. The van der Waals surface area contributed by atoms with E-state index in [-0.39, 0.29) is 11.7 Å². The van der Waals surface area contributed by atoms with Gasteiger partial charge in [0.25, 0.3) is 0 Å². The summed E-state index contributed by atoms with van der Waals surface area (Å²) in [5.41, 5.74) is 1.34. The predicted molar refractivity (Wildman–Crippen MR) is 99.5 cm³/mol. The fourth-order valence-electron chi connectivity index (χ4n) is 4.60. The number of hydrogen-bond acceptors (Lipinski definition) is 1. The van der Waals surface area contributed by atoms with Crippen LogP contribution in [0.25, 0.3) is 0 Å². The van der Waals surface area contributed by atoms with Crippen molar-refractivity contribution in [3.63, 3.8) is 0 Å². The van der Waals surface area contributed by atoms with Crippen molar-refractivity contribution in [1.82, 2.24) is 5.32 Å². The fraction of sp³-hybridized carbons (Fsp3) is 0.381. The van der Waals surface area contributed by atoms with Crippen molar-refractivity contribution in [2.24, 2.45) is 0 Å². The van der Waals surface area contributed by atoms with Gasteiger partial charge in [0.1, 0.15) is 18.2 Å². The molecule has 2 heterocycles. The van der Waals surface area contributed by atoms with Crippen molar-refractivity contribution in [2.45, 2.75) is 50.4 Å². The van der Waals surface area contributed by atoms with Crippen molar-refractivity contribution in [3.8, 4) is 0 Å². The Labute approximate surface area is 157 Å². The highest BCUT2D eigenvalue weighted by Crippen LogP contribution is 2.24. The lowest BCUT2D eigenvalue weighted by atomic mass is 9.96. The van der Waals surface area contributed by atoms with Crippen LogP contribution in [-0.4, -0.2) is 24.2 Å². The molecule has 0 radical (unpaired) electrons. The lowest BCUT2D eigenvalue weighted by molar-refractivity contribution is -0.954. The summed E-state index contributed by atoms with van der Waals surface area (Å²) in [5.74, 6) is -1.43. The Kier molecular flexibility index (Phi) is 5.07. The average molecular weight is 372 g/mol. The maximum atomic E-state index is 13.7. The molecule has 6 heteroatoms. The molecule has 0 saturated carbocycles. The zero-order valence-electron chi connectivity index (χ0n) is 15.1. The Balaban J connectivity index is 1.33. The molecule has 2 aliphatic rings. The Bertz CT molecular complexity index is 800. The second-order valence-electron chi connectivity index (χ2n) is 7.60. The summed E-state index contributed by atoms with van der Waals surface area (Å²) >= 11 is 0. The Morgan fingerprint density at radius 3 is 2.41 bits per heavy atom. The second-order valence-corrected chi connectivity index (χ2v) is 7.60. The third kappa shape index (κ3) is 4.11. The first-order valence-corrected chi connectivity index (χ1v) is 9.50. The summed E-state index contributed by atoms with van der Waals surface area (Å²) in [6.07, 6.45) is 4.22. The SMILES string of the molecule is O=C(Nc1ccc(F)cc1F)NC1C[C@H]2CC[C@@H](C1)[NH+]2Cc1ccccc1. The lowest BCUT2D eigenvalue weighted by Gasteiger charge is -2.36. The summed E-state index contributed by atoms with van der Waals surface area (Å²) in [4.78, 5) is 13.8. The number of carbonyl (C=O) groups is 1. The van der Waals surface area contributed by atoms with Crippen LogP contribution in [-0.2, 0) is 6.54 Å². The normalized spacial score (nSPS) is 26.6. The number of nitrogens with one attached hydrogen (secondary N) is 3. The topological polar surface area (TPSA) is 45.6 Å². The first-order valence-electron chi connectivity index (χ1n) is 9.50. The van der Waals surface area contributed by atoms with Gasteiger partial charge in [-0.2, -0.15) is 0 Å². The van der Waals surface area contributed by atoms with Crippen LogP contribution in [0.3, 0.4) is 0 Å². The van der Waals surface area contributed by atoms with Crippen LogP contribution >= 0.6 is 0 Å². The monoisotopic (exact) mass is 372 g/mol. The van der Waals surface area contributed by atoms with Crippen LogP contribution < -0.4 is 15.5 Å². The maximum Gasteiger partial charge on any atom is 0.319 e. The van der Waals surface area contributed by atoms with E-state index in [9.17, 15) is 13.6 Å². The number of halogens is 2. The number of hydrogen-bond donors (Lipinski definition) is 3. The molecule has 0 aliphatic carbocycles. The first kappa shape index (κ1) is 17.9. The largest absolute Gasteiger partial charge is 0.335 e. The summed E-state index contributed by atoms with van der Waals surface area (Å²) in [6, 6.07) is 14.4. The first-order chi connectivity index (χ1) is 13.1. The molecule has 0 spiro atoms. The summed E-state index contributed by atoms with van der Waals surface area (Å²) < 4.78 is 26.7. The van der Waals surface area contributed by atoms with Gasteiger partial charge in [-0.3, -0.25) is 0 Å². The van der Waals surface area contributed by atoms with Gasteiger partial charge in [0.2, 0.25) is 0 Å². The van der Waals surface area contributed by atoms with Crippen molar-refractivity contribution in [3.05, 3.63) is 65.7 Å². The van der Waals surface area contributed by atoms with Crippen LogP contribution in [0.5, 0.6) is 0 Å². The van der Waals surface area contributed by atoms with Crippen molar-refractivity contribution in [2.75, 3.05) is 5.32 Å². The smallest absolute Gasteiger partial charge is 0.319 e. The van der Waals surface area contributed by atoms with Gasteiger partial charge in [-0.25, -0.2) is 13.6 Å². The number of piperidine rings is 1. The van der Waals surface area contributed by atoms with Crippen LogP contribution in [0.4, 0.5) is 19.3 Å². The van der Waals surface area contributed by atoms with Gasteiger partial charge in [0, 0.05) is 43.4 Å². The van der Waals surface area contributed by atoms with Crippen LogP contribution in [0.1, 0.15) is 31.2 Å². The highest BCUT2D eigenvalue weighted by atomic mass is 19.1. The highest BCUT2D eigenvalue weighted by molar-refractivity contribution is 5.89. The van der Waals surface area contributed by atoms with E-state index in [1.807, 2.05) is 6.07 Å². The number of carbonyl (C=O) groups excluding carboxylic acids is 1. The van der Waals surface area contributed by atoms with Crippen molar-refractivity contribution in [1.29, 1.82) is 0 Å². The highest BCUT2D eigenvalue weighted by Gasteiger charge is 2.44. The van der Waals surface area contributed by atoms with E-state index >= 15 is 0 Å². The van der Waals surface area contributed by atoms with Gasteiger partial charge in [-0.15, -0.1) is 0 Å². The number of benzene rings is 2. The fourth-order valence-corrected chi connectivity index (χ4v) is 4.60. The van der Waals surface area contributed by atoms with Gasteiger partial charge in [-0.05, 0) is 12.1 Å². The van der Waals surface area contributed by atoms with Gasteiger partial charge >= 0.3 is 6.03 Å². The lowest BCUT2D eigenvalue weighted by Crippen LogP contribution is -3.17. The van der Waals surface area contributed by atoms with E-state index in [0.29, 0.717) is 12.1 Å². The molecule has 2 fully saturated rings. The van der Waals surface area contributed by atoms with Crippen LogP contribution in [0.2, 0.25) is 0 Å². The van der Waals surface area contributed by atoms with Crippen molar-refractivity contribution >= 4 is 11.7 Å². The number of quaternary nitrogens is 1. The molecule has 2 saturated heterocycles. The molecule has 3 N–H and O–H groups in total. The van der Waals surface area contributed by atoms with E-state index < -0.39 is 17.7 Å². The molecular formula is C21H24F2N3O+. The van der Waals surface area contributed by atoms with E-state index in [1.54, 1.807) is 4.90 Å². The molecule has 4 rings (SSSR count). The molecule has 4 nitrogen and oxygen atoms in total. The molecule has 2 amide bonds. The van der Waals surface area contributed by atoms with E-state index in [1.165, 1.54) is 24.5 Å². The number of fused-ring (bicyclic) bond motifs is 2. The standard InChI is InChI=1S/C21H23F2N3O/c22-15-6-9-20(19(23)10-15)25-21(27)24-16-11-17-7-8-18(12-16)26(17)13-14-4-2-1-3-5-14/h1-6,9-10,16-18H,7-8,11-13H2,(H2,24,25,27)/p+1/t16?,17-,18+. The molecule has 2 aliphatic heterocycles. The second kappa shape index (κ2) is 7.64. The third-order valence-electron chi connectivity index (χ3n) is 5.82. The molecule has 27 heavy (non-hydrogen) atoms. The molecule has 142 valence electrons. The van der Waals surface area contributed by atoms with Crippen LogP contribution in [0.15, 0.2) is 48.5 Å². The zero-order valence-corrected chi connectivity index (χ0v) is 15.1. The summed E-state index contributed by atoms with van der Waals surface area (Å²) in [5, 5.41) is 5.46. The number of rotatable bonds is 4. The molecule has 2 aromatic carbocycles. The molecule has 2 bridgehead atoms. The molecule has 2 aromatic rings. The minimum atomic E-state index is -0.771. The van der Waals surface area contributed by atoms with E-state index in [0.717, 1.165) is 31.5 Å². The Morgan fingerprint density at radius 2 is 1.74 bits per heavy atom. The van der Waals surface area contributed by atoms with E-state index in [4.69, 9.17) is 0 Å². The number of amides is 2. The Morgan fingerprint density at radius 1 is 1.04 bits per heavy atom. The summed E-state index contributed by atoms with van der Waals surface area (Å²) in [7, 11) is 0. The van der Waals surface area contributed by atoms with Gasteiger partial charge in [0.15, 0.2) is 0 Å². The van der Waals surface area contributed by atoms with Gasteiger partial charge in [0.05, 0.1) is 17.8 Å². The molecule has 2 unspecified atom stereocenters. The molecular weight excluding hydrogens is 348 g/mol. The van der Waals surface area contributed by atoms with Gasteiger partial charge < -0.3 is 15.5 Å². The average Bonchev–Trinajstić information content (AvgIpc) is 2.87. The van der Waals surface area contributed by atoms with Crippen molar-refractivity contribution < 1.29 is 18.5 Å². The maximum absolute atomic E-state index is 13.7. The predicted octanol–water partition coefficient (Wildman–Crippen LogP) is 2.86. The summed E-state index contributed by atoms with van der Waals surface area (Å²) in [6.45, 7) is 1.02. The number of urea groups is 1. The van der Waals surface area contributed by atoms with Crippen LogP contribution in [0, 0.1) is 11.6 Å². The van der Waals surface area contributed by atoms with E-state index in [2.05, 4.69) is 34.9 Å². The zero-order chi connectivity index (χ0) is 18.8. The molecule has 4 atom stereocenters. The quantitative estimate of drug-likeness (QED) is 0.759. The molecule has 0 aromatic heterocycles. The van der Waals surface area contributed by atoms with Gasteiger partial charge in [-0.1, -0.05) is 30.3 Å². The Hall–Kier alpha value is -2.47. The number of anilines is 1. The minimum Gasteiger partial charge on any atom is -0.335 e. The minimum absolute atomic E-state index is 0.0102.